The summed E-state index contributed by atoms with van der Waals surface area (Å²) < 4.78 is 0. The van der Waals surface area contributed by atoms with E-state index in [-0.39, 0.29) is 29.0 Å². The van der Waals surface area contributed by atoms with E-state index in [0.29, 0.717) is 11.7 Å². The molecular formula is C40H45N5. The normalized spacial score (nSPS) is 27.0. The van der Waals surface area contributed by atoms with Gasteiger partial charge in [0.25, 0.3) is 0 Å². The predicted octanol–water partition coefficient (Wildman–Crippen LogP) is 8.91. The van der Waals surface area contributed by atoms with Crippen LogP contribution in [0.25, 0.3) is 0 Å². The Balaban J connectivity index is 1.44. The van der Waals surface area contributed by atoms with Crippen LogP contribution in [-0.4, -0.2) is 35.8 Å². The van der Waals surface area contributed by atoms with Crippen LogP contribution in [0.5, 0.6) is 0 Å². The second-order valence-electron chi connectivity index (χ2n) is 13.4. The second kappa shape index (κ2) is 10.9. The largest absolute Gasteiger partial charge is 0.338 e. The average Bonchev–Trinajstić information content (AvgIpc) is 3.53. The summed E-state index contributed by atoms with van der Waals surface area (Å²) >= 11 is 0. The summed E-state index contributed by atoms with van der Waals surface area (Å²) in [6, 6.07) is 37.8. The lowest BCUT2D eigenvalue weighted by atomic mass is 9.47. The van der Waals surface area contributed by atoms with Gasteiger partial charge >= 0.3 is 0 Å². The number of para-hydroxylation sites is 3. The Bertz CT molecular complexity index is 1760. The third-order valence-electron chi connectivity index (χ3n) is 11.9. The van der Waals surface area contributed by atoms with Gasteiger partial charge in [-0.15, -0.1) is 0 Å². The molecule has 5 heteroatoms. The summed E-state index contributed by atoms with van der Waals surface area (Å²) in [5.74, 6) is 0.680. The molecule has 5 atom stereocenters. The highest BCUT2D eigenvalue weighted by atomic mass is 15.5. The minimum absolute atomic E-state index is 0.0796. The van der Waals surface area contributed by atoms with Gasteiger partial charge in [-0.05, 0) is 78.5 Å². The monoisotopic (exact) mass is 595 g/mol. The van der Waals surface area contributed by atoms with Gasteiger partial charge < -0.3 is 14.7 Å². The summed E-state index contributed by atoms with van der Waals surface area (Å²) in [5, 5.41) is 17.9. The molecule has 0 amide bonds. The van der Waals surface area contributed by atoms with E-state index in [1.807, 2.05) is 7.05 Å². The van der Waals surface area contributed by atoms with E-state index in [1.165, 1.54) is 33.6 Å². The van der Waals surface area contributed by atoms with Crippen molar-refractivity contribution in [3.8, 4) is 0 Å². The molecule has 5 unspecified atom stereocenters. The van der Waals surface area contributed by atoms with Crippen molar-refractivity contribution >= 4 is 28.7 Å². The highest BCUT2D eigenvalue weighted by molar-refractivity contribution is 6.45. The minimum Gasteiger partial charge on any atom is -0.338 e. The predicted molar refractivity (Wildman–Crippen MR) is 187 cm³/mol. The highest BCUT2D eigenvalue weighted by Gasteiger charge is 2.66. The van der Waals surface area contributed by atoms with Crippen LogP contribution in [0.4, 0.5) is 17.1 Å². The van der Waals surface area contributed by atoms with Crippen molar-refractivity contribution in [2.75, 3.05) is 16.8 Å². The van der Waals surface area contributed by atoms with Crippen molar-refractivity contribution in [1.29, 1.82) is 10.8 Å². The lowest BCUT2D eigenvalue weighted by Crippen LogP contribution is -2.63. The second-order valence-corrected chi connectivity index (χ2v) is 13.4. The molecule has 7 rings (SSSR count). The van der Waals surface area contributed by atoms with Crippen LogP contribution in [0.15, 0.2) is 103 Å². The van der Waals surface area contributed by atoms with Gasteiger partial charge in [0.2, 0.25) is 0 Å². The number of likely N-dealkylation sites (N-methyl/N-ethyl adjacent to an activating group) is 1. The number of fused-ring (bicyclic) bond motifs is 4. The molecule has 5 nitrogen and oxygen atoms in total. The van der Waals surface area contributed by atoms with Crippen LogP contribution < -0.4 is 9.80 Å². The van der Waals surface area contributed by atoms with Crippen molar-refractivity contribution in [2.24, 2.45) is 5.41 Å². The lowest BCUT2D eigenvalue weighted by Gasteiger charge is -2.63. The molecule has 3 aliphatic rings. The van der Waals surface area contributed by atoms with Gasteiger partial charge in [-0.2, -0.15) is 0 Å². The first-order valence-corrected chi connectivity index (χ1v) is 16.6. The number of aryl methyl sites for hydroxylation is 2. The summed E-state index contributed by atoms with van der Waals surface area (Å²) in [7, 11) is 2.01. The van der Waals surface area contributed by atoms with Gasteiger partial charge in [0, 0.05) is 41.5 Å². The highest BCUT2D eigenvalue weighted by Crippen LogP contribution is 2.67. The van der Waals surface area contributed by atoms with Crippen molar-refractivity contribution in [3.63, 3.8) is 0 Å². The Kier molecular flexibility index (Phi) is 7.11. The number of hydrogen-bond donors (Lipinski definition) is 2. The number of amidine groups is 2. The average molecular weight is 596 g/mol. The third kappa shape index (κ3) is 3.99. The van der Waals surface area contributed by atoms with Crippen molar-refractivity contribution in [2.45, 2.75) is 76.9 Å². The first kappa shape index (κ1) is 29.3. The molecule has 2 N–H and O–H groups in total. The van der Waals surface area contributed by atoms with Gasteiger partial charge in [-0.1, -0.05) is 106 Å². The zero-order valence-electron chi connectivity index (χ0n) is 27.2. The summed E-state index contributed by atoms with van der Waals surface area (Å²) in [5.41, 5.74) is 8.70. The van der Waals surface area contributed by atoms with Gasteiger partial charge in [0.1, 0.15) is 6.17 Å². The van der Waals surface area contributed by atoms with Crippen molar-refractivity contribution in [3.05, 3.63) is 125 Å². The van der Waals surface area contributed by atoms with Crippen LogP contribution >= 0.6 is 0 Å². The molecule has 45 heavy (non-hydrogen) atoms. The maximum Gasteiger partial charge on any atom is 0.170 e. The lowest BCUT2D eigenvalue weighted by molar-refractivity contribution is 0.0420. The molecule has 0 aromatic heterocycles. The summed E-state index contributed by atoms with van der Waals surface area (Å²) in [4.78, 5) is 6.83. The fourth-order valence-corrected chi connectivity index (χ4v) is 9.41. The summed E-state index contributed by atoms with van der Waals surface area (Å²) in [6.45, 7) is 9.71. The number of hydrogen-bond acceptors (Lipinski definition) is 3. The number of benzene rings is 4. The molecule has 0 aliphatic carbocycles. The van der Waals surface area contributed by atoms with E-state index in [2.05, 4.69) is 146 Å². The SMILES string of the molecule is CCC1(C)C(C)N(c2ccccc2CCc2ccccc2)c2ccccc2C1(CC)C1c2ccccc2N2C(=N)C(=N)N(C)C12. The molecule has 230 valence electrons. The van der Waals surface area contributed by atoms with Gasteiger partial charge in [-0.25, -0.2) is 0 Å². The van der Waals surface area contributed by atoms with Crippen LogP contribution in [0, 0.1) is 16.2 Å². The molecule has 0 spiro atoms. The molecule has 0 bridgehead atoms. The van der Waals surface area contributed by atoms with Gasteiger partial charge in [-0.3, -0.25) is 10.8 Å². The number of nitrogens with one attached hydrogen (secondary N) is 2. The number of anilines is 3. The molecule has 3 aliphatic heterocycles. The van der Waals surface area contributed by atoms with E-state index in [9.17, 15) is 0 Å². The fourth-order valence-electron chi connectivity index (χ4n) is 9.41. The third-order valence-corrected chi connectivity index (χ3v) is 11.9. The molecular weight excluding hydrogens is 550 g/mol. The van der Waals surface area contributed by atoms with E-state index in [4.69, 9.17) is 10.8 Å². The topological polar surface area (TPSA) is 57.4 Å². The standard InChI is InChI=1S/C40H45N5/c1-6-39(4)27(3)44(32-22-14-11-19-29(32)26-25-28-17-9-8-10-18-28)34-24-16-13-21-31(34)40(39,7-2)35-30-20-12-15-23-33(30)45-37(42)36(41)43(5)38(35)45/h8-24,27,35,38,41-42H,6-7,25-26H2,1-5H3. The van der Waals surface area contributed by atoms with E-state index in [0.717, 1.165) is 31.4 Å². The van der Waals surface area contributed by atoms with E-state index in [1.54, 1.807) is 0 Å². The molecule has 1 saturated heterocycles. The summed E-state index contributed by atoms with van der Waals surface area (Å²) in [6.07, 6.45) is 3.84. The molecule has 4 aromatic rings. The Hall–Kier alpha value is -4.38. The van der Waals surface area contributed by atoms with E-state index >= 15 is 0 Å². The Morgan fingerprint density at radius 1 is 0.667 bits per heavy atom. The van der Waals surface area contributed by atoms with Crippen LogP contribution in [0.3, 0.4) is 0 Å². The zero-order chi connectivity index (χ0) is 31.5. The molecule has 0 saturated carbocycles. The molecule has 0 radical (unpaired) electrons. The maximum absolute atomic E-state index is 9.02. The Labute approximate surface area is 268 Å². The quantitative estimate of drug-likeness (QED) is 0.224. The first-order valence-electron chi connectivity index (χ1n) is 16.6. The molecule has 3 heterocycles. The number of rotatable bonds is 7. The van der Waals surface area contributed by atoms with Crippen LogP contribution in [0.1, 0.15) is 68.7 Å². The Morgan fingerprint density at radius 2 is 1.29 bits per heavy atom. The fraction of sp³-hybridized carbons (Fsp3) is 0.350. The van der Waals surface area contributed by atoms with Gasteiger partial charge in [0.15, 0.2) is 11.7 Å². The van der Waals surface area contributed by atoms with Gasteiger partial charge in [0.05, 0.1) is 0 Å². The molecule has 4 aromatic carbocycles. The Morgan fingerprint density at radius 3 is 2.00 bits per heavy atom. The van der Waals surface area contributed by atoms with Crippen molar-refractivity contribution < 1.29 is 0 Å². The minimum atomic E-state index is -0.248. The smallest absolute Gasteiger partial charge is 0.170 e. The maximum atomic E-state index is 9.02. The van der Waals surface area contributed by atoms with Crippen molar-refractivity contribution in [1.82, 2.24) is 4.90 Å². The van der Waals surface area contributed by atoms with E-state index < -0.39 is 0 Å². The first-order chi connectivity index (χ1) is 21.8. The molecule has 1 fully saturated rings. The zero-order valence-corrected chi connectivity index (χ0v) is 27.2. The van der Waals surface area contributed by atoms with Crippen LogP contribution in [-0.2, 0) is 18.3 Å². The number of nitrogens with zero attached hydrogens (tertiary/aromatic N) is 3. The van der Waals surface area contributed by atoms with Crippen LogP contribution in [0.2, 0.25) is 0 Å².